The van der Waals surface area contributed by atoms with Crippen molar-refractivity contribution in [3.05, 3.63) is 52.5 Å². The van der Waals surface area contributed by atoms with Crippen molar-refractivity contribution >= 4 is 32.7 Å². The number of fused-ring (bicyclic) bond motifs is 3. The van der Waals surface area contributed by atoms with Crippen molar-refractivity contribution in [1.82, 2.24) is 8.87 Å². The number of hydrogen-bond acceptors (Lipinski definition) is 6. The molecule has 2 aliphatic rings. The maximum atomic E-state index is 13.4. The van der Waals surface area contributed by atoms with Crippen molar-refractivity contribution in [2.75, 3.05) is 32.1 Å². The highest BCUT2D eigenvalue weighted by molar-refractivity contribution is 7.89. The van der Waals surface area contributed by atoms with Gasteiger partial charge in [-0.2, -0.15) is 4.31 Å². The second-order valence-corrected chi connectivity index (χ2v) is 9.91. The summed E-state index contributed by atoms with van der Waals surface area (Å²) in [4.78, 5) is 26.6. The minimum absolute atomic E-state index is 0.0241. The number of aromatic nitrogens is 1. The Morgan fingerprint density at radius 3 is 2.61 bits per heavy atom. The summed E-state index contributed by atoms with van der Waals surface area (Å²) in [5.74, 6) is -0.0696. The number of oxazole rings is 1. The quantitative estimate of drug-likeness (QED) is 0.607. The van der Waals surface area contributed by atoms with E-state index >= 15 is 0 Å². The molecular formula is C21H21N3O6S. The van der Waals surface area contributed by atoms with Crippen molar-refractivity contribution in [2.45, 2.75) is 16.7 Å². The van der Waals surface area contributed by atoms with Gasteiger partial charge >= 0.3 is 5.76 Å². The molecule has 1 saturated heterocycles. The number of ether oxygens (including phenoxy) is 1. The Morgan fingerprint density at radius 2 is 1.87 bits per heavy atom. The number of methoxy groups -OCH3 is 1. The van der Waals surface area contributed by atoms with Gasteiger partial charge in [0.05, 0.1) is 22.9 Å². The zero-order valence-corrected chi connectivity index (χ0v) is 18.1. The summed E-state index contributed by atoms with van der Waals surface area (Å²) in [5.41, 5.74) is 1.30. The standard InChI is InChI=1S/C21H21N3O6S/c1-22-16-6-4-13(29-3)10-15(16)21(19(22)25)8-9-24(12-21)31(27,28)14-5-7-17-18(11-14)30-20(26)23(17)2/h4-7,10-11H,8-9,12H2,1-3H3/t21-/m0/s1. The molecule has 0 aliphatic carbocycles. The summed E-state index contributed by atoms with van der Waals surface area (Å²) in [7, 11) is 0.913. The van der Waals surface area contributed by atoms with Crippen LogP contribution < -0.4 is 15.4 Å². The molecule has 1 aromatic heterocycles. The van der Waals surface area contributed by atoms with E-state index in [4.69, 9.17) is 9.15 Å². The number of amides is 1. The van der Waals surface area contributed by atoms with Crippen LogP contribution in [0.25, 0.3) is 11.1 Å². The van der Waals surface area contributed by atoms with Crippen LogP contribution in [0.2, 0.25) is 0 Å². The molecule has 31 heavy (non-hydrogen) atoms. The normalized spacial score (nSPS) is 21.4. The van der Waals surface area contributed by atoms with Crippen molar-refractivity contribution < 1.29 is 22.4 Å². The lowest BCUT2D eigenvalue weighted by Crippen LogP contribution is -2.42. The number of sulfonamides is 1. The molecule has 2 aromatic carbocycles. The fourth-order valence-electron chi connectivity index (χ4n) is 4.66. The van der Waals surface area contributed by atoms with Gasteiger partial charge in [0, 0.05) is 38.9 Å². The molecule has 1 atom stereocenters. The fourth-order valence-corrected chi connectivity index (χ4v) is 6.18. The van der Waals surface area contributed by atoms with E-state index in [0.717, 1.165) is 11.3 Å². The number of benzene rings is 2. The number of hydrogen-bond donors (Lipinski definition) is 0. The molecule has 0 saturated carbocycles. The third-order valence-corrected chi connectivity index (χ3v) is 8.27. The van der Waals surface area contributed by atoms with Crippen LogP contribution in [-0.4, -0.2) is 50.4 Å². The van der Waals surface area contributed by atoms with Crippen molar-refractivity contribution in [3.63, 3.8) is 0 Å². The number of anilines is 1. The molecule has 0 unspecified atom stereocenters. The first-order chi connectivity index (χ1) is 14.7. The first kappa shape index (κ1) is 19.8. The van der Waals surface area contributed by atoms with Crippen molar-refractivity contribution in [1.29, 1.82) is 0 Å². The third-order valence-electron chi connectivity index (χ3n) is 6.43. The summed E-state index contributed by atoms with van der Waals surface area (Å²) in [5, 5.41) is 0. The topological polar surface area (TPSA) is 102 Å². The fraction of sp³-hybridized carbons (Fsp3) is 0.333. The molecule has 0 radical (unpaired) electrons. The van der Waals surface area contributed by atoms with Crippen LogP contribution >= 0.6 is 0 Å². The maximum Gasteiger partial charge on any atom is 0.419 e. The second-order valence-electron chi connectivity index (χ2n) is 7.97. The lowest BCUT2D eigenvalue weighted by atomic mass is 9.81. The van der Waals surface area contributed by atoms with Gasteiger partial charge in [-0.25, -0.2) is 13.2 Å². The molecule has 3 heterocycles. The second kappa shape index (κ2) is 6.44. The molecule has 3 aromatic rings. The average molecular weight is 443 g/mol. The first-order valence-electron chi connectivity index (χ1n) is 9.75. The van der Waals surface area contributed by atoms with Crippen LogP contribution in [0, 0.1) is 0 Å². The molecule has 10 heteroatoms. The van der Waals surface area contributed by atoms with Gasteiger partial charge in [0.2, 0.25) is 15.9 Å². The molecule has 162 valence electrons. The predicted molar refractivity (Wildman–Crippen MR) is 113 cm³/mol. The van der Waals surface area contributed by atoms with E-state index < -0.39 is 21.2 Å². The molecule has 1 fully saturated rings. The van der Waals surface area contributed by atoms with Gasteiger partial charge in [0.15, 0.2) is 5.58 Å². The largest absolute Gasteiger partial charge is 0.497 e. The molecule has 0 N–H and O–H groups in total. The molecule has 9 nitrogen and oxygen atoms in total. The molecule has 1 amide bonds. The third kappa shape index (κ3) is 2.61. The maximum absolute atomic E-state index is 13.4. The summed E-state index contributed by atoms with van der Waals surface area (Å²) in [6.45, 7) is 0.241. The van der Waals surface area contributed by atoms with Crippen LogP contribution in [0.5, 0.6) is 5.75 Å². The Hall–Kier alpha value is -3.11. The van der Waals surface area contributed by atoms with Gasteiger partial charge in [-0.1, -0.05) is 0 Å². The highest BCUT2D eigenvalue weighted by Gasteiger charge is 2.55. The van der Waals surface area contributed by atoms with E-state index in [9.17, 15) is 18.0 Å². The van der Waals surface area contributed by atoms with Crippen molar-refractivity contribution in [2.24, 2.45) is 7.05 Å². The average Bonchev–Trinajstić information content (AvgIpc) is 3.40. The zero-order chi connectivity index (χ0) is 22.1. The van der Waals surface area contributed by atoms with Crippen LogP contribution in [-0.2, 0) is 27.3 Å². The number of carbonyl (C=O) groups is 1. The van der Waals surface area contributed by atoms with Gasteiger partial charge < -0.3 is 14.1 Å². The number of rotatable bonds is 3. The molecular weight excluding hydrogens is 422 g/mol. The number of carbonyl (C=O) groups excluding carboxylic acids is 1. The Kier molecular flexibility index (Phi) is 4.12. The van der Waals surface area contributed by atoms with Crippen LogP contribution in [0.3, 0.4) is 0 Å². The van der Waals surface area contributed by atoms with Gasteiger partial charge in [-0.15, -0.1) is 0 Å². The number of nitrogens with zero attached hydrogens (tertiary/aromatic N) is 3. The molecule has 2 aliphatic heterocycles. The van der Waals surface area contributed by atoms with Crippen LogP contribution in [0.15, 0.2) is 50.5 Å². The Morgan fingerprint density at radius 1 is 1.10 bits per heavy atom. The van der Waals surface area contributed by atoms with Gasteiger partial charge in [0.25, 0.3) is 0 Å². The molecule has 0 bridgehead atoms. The number of likely N-dealkylation sites (N-methyl/N-ethyl adjacent to an activating group) is 1. The lowest BCUT2D eigenvalue weighted by Gasteiger charge is -2.23. The summed E-state index contributed by atoms with van der Waals surface area (Å²) in [6, 6.07) is 9.79. The minimum atomic E-state index is -3.90. The van der Waals surface area contributed by atoms with Crippen molar-refractivity contribution in [3.8, 4) is 5.75 Å². The van der Waals surface area contributed by atoms with E-state index in [0.29, 0.717) is 17.7 Å². The summed E-state index contributed by atoms with van der Waals surface area (Å²) in [6.07, 6.45) is 0.373. The summed E-state index contributed by atoms with van der Waals surface area (Å²) >= 11 is 0. The van der Waals surface area contributed by atoms with Crippen LogP contribution in [0.4, 0.5) is 5.69 Å². The van der Waals surface area contributed by atoms with E-state index in [1.165, 1.54) is 21.0 Å². The number of aryl methyl sites for hydroxylation is 1. The van der Waals surface area contributed by atoms with Gasteiger partial charge in [0.1, 0.15) is 5.75 Å². The monoisotopic (exact) mass is 443 g/mol. The molecule has 5 rings (SSSR count). The summed E-state index contributed by atoms with van der Waals surface area (Å²) < 4.78 is 39.9. The van der Waals surface area contributed by atoms with Gasteiger partial charge in [-0.3, -0.25) is 9.36 Å². The first-order valence-corrected chi connectivity index (χ1v) is 11.2. The predicted octanol–water partition coefficient (Wildman–Crippen LogP) is 1.45. The highest BCUT2D eigenvalue weighted by atomic mass is 32.2. The van der Waals surface area contributed by atoms with Gasteiger partial charge in [-0.05, 0) is 42.3 Å². The van der Waals surface area contributed by atoms with E-state index in [2.05, 4.69) is 0 Å². The Bertz CT molecular complexity index is 1410. The van der Waals surface area contributed by atoms with E-state index in [-0.39, 0.29) is 29.5 Å². The van der Waals surface area contributed by atoms with Crippen LogP contribution in [0.1, 0.15) is 12.0 Å². The SMILES string of the molecule is COc1ccc2c(c1)[C@@]1(CCN(S(=O)(=O)c3ccc4c(c3)oc(=O)n4C)C1)C(=O)N2C. The Balaban J connectivity index is 1.55. The lowest BCUT2D eigenvalue weighted by molar-refractivity contribution is -0.122. The van der Waals surface area contributed by atoms with E-state index in [1.54, 1.807) is 38.2 Å². The van der Waals surface area contributed by atoms with E-state index in [1.807, 2.05) is 12.1 Å². The minimum Gasteiger partial charge on any atom is -0.497 e. The highest BCUT2D eigenvalue weighted by Crippen LogP contribution is 2.48. The smallest absolute Gasteiger partial charge is 0.419 e. The zero-order valence-electron chi connectivity index (χ0n) is 17.3. The molecule has 1 spiro atoms. The Labute approximate surface area is 178 Å².